The minimum Gasteiger partial charge on any atom is -0.362 e. The second-order valence-corrected chi connectivity index (χ2v) is 4.35. The molecule has 2 aliphatic rings. The van der Waals surface area contributed by atoms with E-state index in [1.165, 1.54) is 0 Å². The molecule has 1 aliphatic heterocycles. The van der Waals surface area contributed by atoms with Crippen LogP contribution in [0.25, 0.3) is 0 Å². The summed E-state index contributed by atoms with van der Waals surface area (Å²) in [7, 11) is 1.74. The highest BCUT2D eigenvalue weighted by Gasteiger charge is 2.53. The number of nitrogens with zero attached hydrogens (tertiary/aromatic N) is 2. The van der Waals surface area contributed by atoms with Gasteiger partial charge < -0.3 is 15.2 Å². The monoisotopic (exact) mass is 206 g/mol. The molecule has 0 aromatic carbocycles. The van der Waals surface area contributed by atoms with Crippen LogP contribution in [0.15, 0.2) is 17.2 Å². The van der Waals surface area contributed by atoms with Gasteiger partial charge in [0.2, 0.25) is 0 Å². The molecule has 1 aromatic heterocycles. The lowest BCUT2D eigenvalue weighted by molar-refractivity contribution is 0.693. The fourth-order valence-electron chi connectivity index (χ4n) is 2.39. The van der Waals surface area contributed by atoms with Gasteiger partial charge in [-0.1, -0.05) is 0 Å². The standard InChI is InChI=1S/C10H14N4O/c1-14-3-2-12-9(10(14)15)13-8-6-4-11-5-7(6)8/h2-3,6-8,11H,4-5H2,1H3,(H,12,13). The number of piperidine rings is 1. The van der Waals surface area contributed by atoms with Gasteiger partial charge in [0.05, 0.1) is 0 Å². The molecule has 0 spiro atoms. The van der Waals surface area contributed by atoms with Crippen LogP contribution in [0.5, 0.6) is 0 Å². The molecule has 5 nitrogen and oxygen atoms in total. The minimum atomic E-state index is -0.0459. The summed E-state index contributed by atoms with van der Waals surface area (Å²) in [6.07, 6.45) is 3.32. The van der Waals surface area contributed by atoms with Crippen LogP contribution in [0, 0.1) is 11.8 Å². The third kappa shape index (κ3) is 1.34. The Balaban J connectivity index is 1.78. The number of nitrogens with one attached hydrogen (secondary N) is 2. The topological polar surface area (TPSA) is 59.0 Å². The molecular weight excluding hydrogens is 192 g/mol. The van der Waals surface area contributed by atoms with Crippen molar-refractivity contribution in [3.05, 3.63) is 22.7 Å². The molecule has 2 heterocycles. The van der Waals surface area contributed by atoms with Crippen LogP contribution in [0.3, 0.4) is 0 Å². The molecule has 2 atom stereocenters. The van der Waals surface area contributed by atoms with E-state index in [1.807, 2.05) is 0 Å². The van der Waals surface area contributed by atoms with Crippen molar-refractivity contribution in [3.63, 3.8) is 0 Å². The molecule has 3 rings (SSSR count). The summed E-state index contributed by atoms with van der Waals surface area (Å²) in [6, 6.07) is 0.453. The molecule has 1 saturated heterocycles. The zero-order valence-corrected chi connectivity index (χ0v) is 8.60. The van der Waals surface area contributed by atoms with Crippen LogP contribution >= 0.6 is 0 Å². The average molecular weight is 206 g/mol. The van der Waals surface area contributed by atoms with Crippen molar-refractivity contribution in [2.75, 3.05) is 18.4 Å². The van der Waals surface area contributed by atoms with Gasteiger partial charge in [-0.05, 0) is 11.8 Å². The van der Waals surface area contributed by atoms with Crippen LogP contribution in [0.2, 0.25) is 0 Å². The summed E-state index contributed by atoms with van der Waals surface area (Å²) >= 11 is 0. The van der Waals surface area contributed by atoms with Crippen molar-refractivity contribution in [2.24, 2.45) is 18.9 Å². The molecule has 2 unspecified atom stereocenters. The summed E-state index contributed by atoms with van der Waals surface area (Å²) < 4.78 is 1.55. The summed E-state index contributed by atoms with van der Waals surface area (Å²) in [6.45, 7) is 2.13. The third-order valence-corrected chi connectivity index (χ3v) is 3.41. The summed E-state index contributed by atoms with van der Waals surface area (Å²) in [5.41, 5.74) is -0.0459. The molecule has 1 aliphatic carbocycles. The molecule has 15 heavy (non-hydrogen) atoms. The first-order valence-corrected chi connectivity index (χ1v) is 5.26. The molecule has 0 radical (unpaired) electrons. The molecule has 1 saturated carbocycles. The number of anilines is 1. The minimum absolute atomic E-state index is 0.0459. The van der Waals surface area contributed by atoms with Crippen molar-refractivity contribution in [2.45, 2.75) is 6.04 Å². The maximum atomic E-state index is 11.7. The first kappa shape index (κ1) is 8.91. The molecule has 0 bridgehead atoms. The SMILES string of the molecule is Cn1ccnc(NC2C3CNCC32)c1=O. The Morgan fingerprint density at radius 2 is 2.27 bits per heavy atom. The van der Waals surface area contributed by atoms with E-state index in [2.05, 4.69) is 15.6 Å². The Kier molecular flexibility index (Phi) is 1.82. The normalized spacial score (nSPS) is 32.5. The lowest BCUT2D eigenvalue weighted by atomic mass is 10.4. The van der Waals surface area contributed by atoms with E-state index in [-0.39, 0.29) is 5.56 Å². The summed E-state index contributed by atoms with van der Waals surface area (Å²) in [5.74, 6) is 1.87. The average Bonchev–Trinajstić information content (AvgIpc) is 2.69. The number of rotatable bonds is 2. The van der Waals surface area contributed by atoms with Gasteiger partial charge in [-0.3, -0.25) is 4.79 Å². The van der Waals surface area contributed by atoms with Gasteiger partial charge in [0.1, 0.15) is 0 Å². The predicted molar refractivity (Wildman–Crippen MR) is 56.7 cm³/mol. The van der Waals surface area contributed by atoms with E-state index < -0.39 is 0 Å². The van der Waals surface area contributed by atoms with E-state index in [1.54, 1.807) is 24.0 Å². The second-order valence-electron chi connectivity index (χ2n) is 4.35. The summed E-state index contributed by atoms with van der Waals surface area (Å²) in [4.78, 5) is 15.8. The fraction of sp³-hybridized carbons (Fsp3) is 0.600. The van der Waals surface area contributed by atoms with Gasteiger partial charge in [0, 0.05) is 38.6 Å². The van der Waals surface area contributed by atoms with Crippen LogP contribution in [-0.4, -0.2) is 28.7 Å². The second kappa shape index (κ2) is 3.06. The highest BCUT2D eigenvalue weighted by atomic mass is 16.1. The number of aromatic nitrogens is 2. The quantitative estimate of drug-likeness (QED) is 0.679. The highest BCUT2D eigenvalue weighted by molar-refractivity contribution is 5.37. The van der Waals surface area contributed by atoms with Crippen molar-refractivity contribution >= 4 is 5.82 Å². The van der Waals surface area contributed by atoms with Gasteiger partial charge >= 0.3 is 0 Å². The third-order valence-electron chi connectivity index (χ3n) is 3.41. The van der Waals surface area contributed by atoms with Crippen molar-refractivity contribution in [1.82, 2.24) is 14.9 Å². The predicted octanol–water partition coefficient (Wildman–Crippen LogP) is -0.590. The number of hydrogen-bond acceptors (Lipinski definition) is 4. The van der Waals surface area contributed by atoms with E-state index in [4.69, 9.17) is 0 Å². The first-order valence-electron chi connectivity index (χ1n) is 5.26. The Morgan fingerprint density at radius 3 is 3.00 bits per heavy atom. The zero-order chi connectivity index (χ0) is 10.4. The van der Waals surface area contributed by atoms with E-state index in [0.717, 1.165) is 13.1 Å². The van der Waals surface area contributed by atoms with Crippen LogP contribution < -0.4 is 16.2 Å². The maximum Gasteiger partial charge on any atom is 0.293 e. The first-order chi connectivity index (χ1) is 7.27. The number of hydrogen-bond donors (Lipinski definition) is 2. The van der Waals surface area contributed by atoms with Crippen molar-refractivity contribution in [1.29, 1.82) is 0 Å². The summed E-state index contributed by atoms with van der Waals surface area (Å²) in [5, 5.41) is 6.56. The van der Waals surface area contributed by atoms with E-state index in [0.29, 0.717) is 23.7 Å². The van der Waals surface area contributed by atoms with Gasteiger partial charge in [0.15, 0.2) is 5.82 Å². The number of fused-ring (bicyclic) bond motifs is 1. The molecule has 80 valence electrons. The molecule has 2 fully saturated rings. The van der Waals surface area contributed by atoms with Crippen LogP contribution in [0.1, 0.15) is 0 Å². The molecule has 5 heteroatoms. The zero-order valence-electron chi connectivity index (χ0n) is 8.60. The van der Waals surface area contributed by atoms with Gasteiger partial charge in [0.25, 0.3) is 5.56 Å². The molecule has 2 N–H and O–H groups in total. The van der Waals surface area contributed by atoms with Crippen LogP contribution in [0.4, 0.5) is 5.82 Å². The largest absolute Gasteiger partial charge is 0.362 e. The van der Waals surface area contributed by atoms with Crippen molar-refractivity contribution < 1.29 is 0 Å². The lowest BCUT2D eigenvalue weighted by Gasteiger charge is -2.07. The van der Waals surface area contributed by atoms with Crippen LogP contribution in [-0.2, 0) is 7.05 Å². The Morgan fingerprint density at radius 1 is 1.53 bits per heavy atom. The lowest BCUT2D eigenvalue weighted by Crippen LogP contribution is -2.27. The van der Waals surface area contributed by atoms with E-state index in [9.17, 15) is 4.79 Å². The molecular formula is C10H14N4O. The smallest absolute Gasteiger partial charge is 0.293 e. The Hall–Kier alpha value is -1.36. The van der Waals surface area contributed by atoms with Crippen molar-refractivity contribution in [3.8, 4) is 0 Å². The molecule has 1 aromatic rings. The number of aryl methyl sites for hydroxylation is 1. The highest BCUT2D eigenvalue weighted by Crippen LogP contribution is 2.43. The van der Waals surface area contributed by atoms with Gasteiger partial charge in [-0.25, -0.2) is 4.98 Å². The fourth-order valence-corrected chi connectivity index (χ4v) is 2.39. The Bertz CT molecular complexity index is 431. The van der Waals surface area contributed by atoms with Gasteiger partial charge in [-0.15, -0.1) is 0 Å². The maximum absolute atomic E-state index is 11.7. The Labute approximate surface area is 87.5 Å². The van der Waals surface area contributed by atoms with Gasteiger partial charge in [-0.2, -0.15) is 0 Å². The van der Waals surface area contributed by atoms with E-state index >= 15 is 0 Å². The molecule has 0 amide bonds.